The number of alkyl halides is 3. The smallest absolute Gasteiger partial charge is 0.422 e. The first kappa shape index (κ1) is 24.8. The highest BCUT2D eigenvalue weighted by Crippen LogP contribution is 2.30. The summed E-state index contributed by atoms with van der Waals surface area (Å²) in [4.78, 5) is 14.7. The van der Waals surface area contributed by atoms with Crippen molar-refractivity contribution in [1.29, 1.82) is 0 Å². The predicted octanol–water partition coefficient (Wildman–Crippen LogP) is 4.92. The Kier molecular flexibility index (Phi) is 8.55. The van der Waals surface area contributed by atoms with Crippen molar-refractivity contribution in [2.75, 3.05) is 26.9 Å². The van der Waals surface area contributed by atoms with Crippen LogP contribution >= 0.6 is 0 Å². The fourth-order valence-electron chi connectivity index (χ4n) is 3.70. The van der Waals surface area contributed by atoms with Gasteiger partial charge in [0.2, 0.25) is 5.91 Å². The average Bonchev–Trinajstić information content (AvgIpc) is 3.28. The summed E-state index contributed by atoms with van der Waals surface area (Å²) in [6, 6.07) is 10.7. The topological polar surface area (TPSA) is 48.0 Å². The van der Waals surface area contributed by atoms with Crippen LogP contribution in [0.1, 0.15) is 30.4 Å². The van der Waals surface area contributed by atoms with Crippen LogP contribution in [0.4, 0.5) is 17.6 Å². The number of amides is 1. The minimum Gasteiger partial charge on any atom is -0.493 e. The maximum absolute atomic E-state index is 13.6. The number of hydrogen-bond donors (Lipinski definition) is 0. The quantitative estimate of drug-likeness (QED) is 0.464. The van der Waals surface area contributed by atoms with E-state index >= 15 is 0 Å². The van der Waals surface area contributed by atoms with E-state index in [4.69, 9.17) is 14.2 Å². The van der Waals surface area contributed by atoms with Gasteiger partial charge in [0, 0.05) is 26.1 Å². The number of benzene rings is 2. The maximum Gasteiger partial charge on any atom is 0.422 e. The van der Waals surface area contributed by atoms with Gasteiger partial charge >= 0.3 is 6.18 Å². The molecule has 1 heterocycles. The van der Waals surface area contributed by atoms with Gasteiger partial charge in [0.15, 0.2) is 18.1 Å². The van der Waals surface area contributed by atoms with Gasteiger partial charge < -0.3 is 19.1 Å². The summed E-state index contributed by atoms with van der Waals surface area (Å²) in [6.45, 7) is -0.0679. The number of nitrogens with zero attached hydrogens (tertiary/aromatic N) is 1. The molecule has 1 amide bonds. The van der Waals surface area contributed by atoms with Crippen LogP contribution in [0.25, 0.3) is 0 Å². The van der Waals surface area contributed by atoms with Crippen LogP contribution in [0.2, 0.25) is 0 Å². The second-order valence-corrected chi connectivity index (χ2v) is 7.93. The Morgan fingerprint density at radius 3 is 2.64 bits per heavy atom. The molecule has 0 saturated carbocycles. The molecule has 2 aromatic carbocycles. The van der Waals surface area contributed by atoms with Gasteiger partial charge in [0.1, 0.15) is 5.82 Å². The van der Waals surface area contributed by atoms with Gasteiger partial charge in [-0.3, -0.25) is 4.79 Å². The number of methoxy groups -OCH3 is 1. The van der Waals surface area contributed by atoms with Crippen LogP contribution in [0.15, 0.2) is 42.5 Å². The van der Waals surface area contributed by atoms with Crippen LogP contribution in [0.5, 0.6) is 11.5 Å². The zero-order valence-electron chi connectivity index (χ0n) is 18.4. The molecule has 0 bridgehead atoms. The van der Waals surface area contributed by atoms with Gasteiger partial charge in [-0.1, -0.05) is 18.2 Å². The van der Waals surface area contributed by atoms with Crippen molar-refractivity contribution >= 4 is 5.91 Å². The van der Waals surface area contributed by atoms with Gasteiger partial charge in [-0.05, 0) is 54.7 Å². The van der Waals surface area contributed by atoms with Crippen molar-refractivity contribution in [2.45, 2.75) is 44.5 Å². The lowest BCUT2D eigenvalue weighted by atomic mass is 10.1. The van der Waals surface area contributed by atoms with Gasteiger partial charge in [-0.2, -0.15) is 13.2 Å². The van der Waals surface area contributed by atoms with Crippen molar-refractivity contribution in [1.82, 2.24) is 4.90 Å². The molecule has 0 aliphatic carbocycles. The normalized spacial score (nSPS) is 16.0. The van der Waals surface area contributed by atoms with Crippen LogP contribution in [0, 0.1) is 5.82 Å². The molecule has 180 valence electrons. The lowest BCUT2D eigenvalue weighted by Gasteiger charge is -2.26. The van der Waals surface area contributed by atoms with E-state index in [2.05, 4.69) is 0 Å². The standard InChI is InChI=1S/C24H27F4NO4/c1-31-22-13-17(7-9-21(22)33-16-24(26,27)28)8-10-23(30)29(15-20-6-3-11-32-20)14-18-4-2-5-19(25)12-18/h2,4-5,7,9,12-13,20H,3,6,8,10-11,14-16H2,1H3. The second-order valence-electron chi connectivity index (χ2n) is 7.93. The molecular weight excluding hydrogens is 442 g/mol. The molecule has 0 radical (unpaired) electrons. The molecule has 1 saturated heterocycles. The molecule has 2 aromatic rings. The highest BCUT2D eigenvalue weighted by molar-refractivity contribution is 5.76. The van der Waals surface area contributed by atoms with Crippen LogP contribution in [0.3, 0.4) is 0 Å². The summed E-state index contributed by atoms with van der Waals surface area (Å²) < 4.78 is 66.5. The molecule has 0 N–H and O–H groups in total. The fourth-order valence-corrected chi connectivity index (χ4v) is 3.70. The van der Waals surface area contributed by atoms with Crippen LogP contribution in [-0.2, 0) is 22.5 Å². The number of carbonyl (C=O) groups is 1. The summed E-state index contributed by atoms with van der Waals surface area (Å²) >= 11 is 0. The van der Waals surface area contributed by atoms with Gasteiger partial charge in [0.25, 0.3) is 0 Å². The third-order valence-electron chi connectivity index (χ3n) is 5.31. The minimum atomic E-state index is -4.45. The molecule has 0 spiro atoms. The van der Waals surface area contributed by atoms with Crippen molar-refractivity contribution in [2.24, 2.45) is 0 Å². The van der Waals surface area contributed by atoms with Crippen LogP contribution in [-0.4, -0.2) is 50.0 Å². The van der Waals surface area contributed by atoms with E-state index in [0.29, 0.717) is 25.1 Å². The third-order valence-corrected chi connectivity index (χ3v) is 5.31. The van der Waals surface area contributed by atoms with E-state index in [1.54, 1.807) is 29.2 Å². The van der Waals surface area contributed by atoms with Crippen molar-refractivity contribution in [3.05, 3.63) is 59.4 Å². The highest BCUT2D eigenvalue weighted by atomic mass is 19.4. The Labute approximate surface area is 190 Å². The van der Waals surface area contributed by atoms with E-state index in [-0.39, 0.29) is 42.3 Å². The van der Waals surface area contributed by atoms with E-state index < -0.39 is 12.8 Å². The number of halogens is 4. The first-order valence-electron chi connectivity index (χ1n) is 10.7. The minimum absolute atomic E-state index is 0.0176. The number of ether oxygens (including phenoxy) is 3. The van der Waals surface area contributed by atoms with Gasteiger partial charge in [-0.15, -0.1) is 0 Å². The Hall–Kier alpha value is -2.81. The highest BCUT2D eigenvalue weighted by Gasteiger charge is 2.29. The SMILES string of the molecule is COc1cc(CCC(=O)N(Cc2cccc(F)c2)CC2CCCO2)ccc1OCC(F)(F)F. The lowest BCUT2D eigenvalue weighted by molar-refractivity contribution is -0.153. The number of rotatable bonds is 10. The number of aryl methyl sites for hydroxylation is 1. The summed E-state index contributed by atoms with van der Waals surface area (Å²) in [5.41, 5.74) is 1.41. The molecule has 1 fully saturated rings. The molecule has 3 rings (SSSR count). The molecule has 9 heteroatoms. The molecule has 1 aliphatic heterocycles. The van der Waals surface area contributed by atoms with Gasteiger partial charge in [-0.25, -0.2) is 4.39 Å². The summed E-state index contributed by atoms with van der Waals surface area (Å²) in [5.74, 6) is -0.334. The molecule has 33 heavy (non-hydrogen) atoms. The summed E-state index contributed by atoms with van der Waals surface area (Å²) in [7, 11) is 1.34. The van der Waals surface area contributed by atoms with Crippen molar-refractivity contribution in [3.8, 4) is 11.5 Å². The summed E-state index contributed by atoms with van der Waals surface area (Å²) in [5, 5.41) is 0. The first-order valence-corrected chi connectivity index (χ1v) is 10.7. The Balaban J connectivity index is 1.64. The molecule has 1 unspecified atom stereocenters. The van der Waals surface area contributed by atoms with Gasteiger partial charge in [0.05, 0.1) is 13.2 Å². The molecule has 0 aromatic heterocycles. The van der Waals surface area contributed by atoms with E-state index in [9.17, 15) is 22.4 Å². The Bertz CT molecular complexity index is 929. The zero-order chi connectivity index (χ0) is 23.8. The lowest BCUT2D eigenvalue weighted by Crippen LogP contribution is -2.37. The van der Waals surface area contributed by atoms with Crippen molar-refractivity contribution in [3.63, 3.8) is 0 Å². The fraction of sp³-hybridized carbons (Fsp3) is 0.458. The van der Waals surface area contributed by atoms with E-state index in [0.717, 1.165) is 18.4 Å². The predicted molar refractivity (Wildman–Crippen MR) is 114 cm³/mol. The Morgan fingerprint density at radius 2 is 1.97 bits per heavy atom. The molecule has 1 aliphatic rings. The third kappa shape index (κ3) is 7.92. The maximum atomic E-state index is 13.6. The average molecular weight is 469 g/mol. The second kappa shape index (κ2) is 11.4. The first-order chi connectivity index (χ1) is 15.7. The Morgan fingerprint density at radius 1 is 1.15 bits per heavy atom. The van der Waals surface area contributed by atoms with E-state index in [1.165, 1.54) is 25.3 Å². The monoisotopic (exact) mass is 469 g/mol. The largest absolute Gasteiger partial charge is 0.493 e. The zero-order valence-corrected chi connectivity index (χ0v) is 18.4. The number of hydrogen-bond acceptors (Lipinski definition) is 4. The molecular formula is C24H27F4NO4. The van der Waals surface area contributed by atoms with Crippen molar-refractivity contribution < 1.29 is 36.6 Å². The number of carbonyl (C=O) groups excluding carboxylic acids is 1. The molecule has 1 atom stereocenters. The van der Waals surface area contributed by atoms with Crippen LogP contribution < -0.4 is 9.47 Å². The van der Waals surface area contributed by atoms with E-state index in [1.807, 2.05) is 0 Å². The molecule has 5 nitrogen and oxygen atoms in total. The summed E-state index contributed by atoms with van der Waals surface area (Å²) in [6.07, 6.45) is -2.16.